The second-order valence-corrected chi connectivity index (χ2v) is 3.19. The van der Waals surface area contributed by atoms with Crippen molar-refractivity contribution < 1.29 is 14.3 Å². The molecule has 0 aliphatic heterocycles. The Balaban J connectivity index is 2.92. The van der Waals surface area contributed by atoms with Gasteiger partial charge in [-0.25, -0.2) is 0 Å². The number of carbonyl (C=O) groups is 1. The van der Waals surface area contributed by atoms with Gasteiger partial charge in [0.05, 0.1) is 19.8 Å². The third-order valence-electron chi connectivity index (χ3n) is 2.21. The van der Waals surface area contributed by atoms with Gasteiger partial charge in [0.25, 0.3) is 0 Å². The molecule has 0 amide bonds. The lowest BCUT2D eigenvalue weighted by Crippen LogP contribution is -2.04. The van der Waals surface area contributed by atoms with Crippen LogP contribution >= 0.6 is 0 Å². The van der Waals surface area contributed by atoms with Crippen molar-refractivity contribution in [2.24, 2.45) is 5.11 Å². The SMILES string of the molecule is COc1ccc(OC)c(C(=O)CCN=[N+]=[N-])c1. The number of carbonyl (C=O) groups excluding carboxylic acids is 1. The Hall–Kier alpha value is -2.20. The molecule has 1 rings (SSSR count). The van der Waals surface area contributed by atoms with Gasteiger partial charge in [-0.15, -0.1) is 0 Å². The average molecular weight is 235 g/mol. The van der Waals surface area contributed by atoms with Crippen LogP contribution in [0.15, 0.2) is 23.3 Å². The average Bonchev–Trinajstić information content (AvgIpc) is 2.38. The third kappa shape index (κ3) is 3.39. The number of azide groups is 1. The second kappa shape index (κ2) is 6.40. The Labute approximate surface area is 98.8 Å². The number of hydrogen-bond donors (Lipinski definition) is 0. The van der Waals surface area contributed by atoms with Crippen molar-refractivity contribution in [1.29, 1.82) is 0 Å². The number of Topliss-reactive ketones (excluding diaryl/α,β-unsaturated/α-hetero) is 1. The van der Waals surface area contributed by atoms with Crippen LogP contribution in [0.3, 0.4) is 0 Å². The first-order valence-electron chi connectivity index (χ1n) is 4.99. The number of methoxy groups -OCH3 is 2. The molecule has 6 nitrogen and oxygen atoms in total. The molecule has 0 saturated heterocycles. The second-order valence-electron chi connectivity index (χ2n) is 3.19. The molecule has 0 aliphatic rings. The van der Waals surface area contributed by atoms with Gasteiger partial charge in [0.2, 0.25) is 0 Å². The maximum Gasteiger partial charge on any atom is 0.166 e. The predicted molar refractivity (Wildman–Crippen MR) is 62.5 cm³/mol. The van der Waals surface area contributed by atoms with Crippen molar-refractivity contribution in [3.05, 3.63) is 34.2 Å². The number of benzene rings is 1. The van der Waals surface area contributed by atoms with Gasteiger partial charge < -0.3 is 9.47 Å². The van der Waals surface area contributed by atoms with E-state index in [0.717, 1.165) is 0 Å². The molecule has 0 bridgehead atoms. The maximum atomic E-state index is 11.8. The summed E-state index contributed by atoms with van der Waals surface area (Å²) in [5.41, 5.74) is 8.57. The van der Waals surface area contributed by atoms with Crippen LogP contribution < -0.4 is 9.47 Å². The molecule has 6 heteroatoms. The Morgan fingerprint density at radius 3 is 2.76 bits per heavy atom. The summed E-state index contributed by atoms with van der Waals surface area (Å²) in [5, 5.41) is 3.32. The molecule has 1 aromatic rings. The van der Waals surface area contributed by atoms with Crippen molar-refractivity contribution in [2.45, 2.75) is 6.42 Å². The molecule has 0 aromatic heterocycles. The van der Waals surface area contributed by atoms with Gasteiger partial charge in [0, 0.05) is 17.9 Å². The van der Waals surface area contributed by atoms with Crippen LogP contribution in [0.4, 0.5) is 0 Å². The molecule has 0 saturated carbocycles. The molecule has 0 N–H and O–H groups in total. The molecule has 0 fully saturated rings. The van der Waals surface area contributed by atoms with Gasteiger partial charge in [0.15, 0.2) is 5.78 Å². The van der Waals surface area contributed by atoms with E-state index in [1.807, 2.05) is 0 Å². The van der Waals surface area contributed by atoms with E-state index in [2.05, 4.69) is 10.0 Å². The summed E-state index contributed by atoms with van der Waals surface area (Å²) < 4.78 is 10.1. The fourth-order valence-corrected chi connectivity index (χ4v) is 1.36. The van der Waals surface area contributed by atoms with E-state index in [0.29, 0.717) is 17.1 Å². The normalized spacial score (nSPS) is 9.29. The quantitative estimate of drug-likeness (QED) is 0.328. The number of nitrogens with zero attached hydrogens (tertiary/aromatic N) is 3. The smallest absolute Gasteiger partial charge is 0.166 e. The summed E-state index contributed by atoms with van der Waals surface area (Å²) in [5.74, 6) is 0.919. The fraction of sp³-hybridized carbons (Fsp3) is 0.364. The predicted octanol–water partition coefficient (Wildman–Crippen LogP) is 2.59. The Morgan fingerprint density at radius 2 is 2.18 bits per heavy atom. The highest BCUT2D eigenvalue weighted by Crippen LogP contribution is 2.25. The van der Waals surface area contributed by atoms with E-state index in [9.17, 15) is 4.79 Å². The first kappa shape index (κ1) is 12.9. The van der Waals surface area contributed by atoms with Crippen molar-refractivity contribution in [2.75, 3.05) is 20.8 Å². The summed E-state index contributed by atoms with van der Waals surface area (Å²) in [7, 11) is 3.02. The minimum atomic E-state index is -0.145. The highest BCUT2D eigenvalue weighted by atomic mass is 16.5. The number of hydrogen-bond acceptors (Lipinski definition) is 4. The highest BCUT2D eigenvalue weighted by molar-refractivity contribution is 5.99. The topological polar surface area (TPSA) is 84.3 Å². The van der Waals surface area contributed by atoms with Gasteiger partial charge in [0.1, 0.15) is 11.5 Å². The molecule has 0 heterocycles. The van der Waals surface area contributed by atoms with E-state index < -0.39 is 0 Å². The van der Waals surface area contributed by atoms with Gasteiger partial charge in [-0.2, -0.15) is 0 Å². The zero-order valence-electron chi connectivity index (χ0n) is 9.71. The largest absolute Gasteiger partial charge is 0.497 e. The van der Waals surface area contributed by atoms with E-state index >= 15 is 0 Å². The van der Waals surface area contributed by atoms with Crippen LogP contribution in [-0.4, -0.2) is 26.5 Å². The Morgan fingerprint density at radius 1 is 1.41 bits per heavy atom. The molecule has 17 heavy (non-hydrogen) atoms. The van der Waals surface area contributed by atoms with E-state index in [1.54, 1.807) is 18.2 Å². The van der Waals surface area contributed by atoms with E-state index in [-0.39, 0.29) is 18.7 Å². The standard InChI is InChI=1S/C11H13N3O3/c1-16-8-3-4-11(17-2)9(7-8)10(15)5-6-13-14-12/h3-4,7H,5-6H2,1-2H3. The van der Waals surface area contributed by atoms with Crippen LogP contribution in [0.25, 0.3) is 10.4 Å². The fourth-order valence-electron chi connectivity index (χ4n) is 1.36. The highest BCUT2D eigenvalue weighted by Gasteiger charge is 2.12. The molecule has 0 atom stereocenters. The molecule has 0 unspecified atom stereocenters. The van der Waals surface area contributed by atoms with Crippen molar-refractivity contribution in [3.8, 4) is 11.5 Å². The van der Waals surface area contributed by atoms with Crippen LogP contribution in [0.1, 0.15) is 16.8 Å². The van der Waals surface area contributed by atoms with E-state index in [1.165, 1.54) is 14.2 Å². The Bertz CT molecular complexity index is 453. The lowest BCUT2D eigenvalue weighted by molar-refractivity contribution is 0.0982. The summed E-state index contributed by atoms with van der Waals surface area (Å²) >= 11 is 0. The van der Waals surface area contributed by atoms with Gasteiger partial charge in [-0.1, -0.05) is 5.11 Å². The summed E-state index contributed by atoms with van der Waals surface area (Å²) in [6.07, 6.45) is 0.146. The first-order chi connectivity index (χ1) is 8.22. The Kier molecular flexibility index (Phi) is 4.84. The molecule has 90 valence electrons. The number of rotatable bonds is 6. The van der Waals surface area contributed by atoms with Crippen LogP contribution in [-0.2, 0) is 0 Å². The van der Waals surface area contributed by atoms with Crippen LogP contribution in [0, 0.1) is 0 Å². The van der Waals surface area contributed by atoms with E-state index in [4.69, 9.17) is 15.0 Å². The lowest BCUT2D eigenvalue weighted by Gasteiger charge is -2.08. The zero-order chi connectivity index (χ0) is 12.7. The van der Waals surface area contributed by atoms with Gasteiger partial charge in [-0.05, 0) is 23.7 Å². The van der Waals surface area contributed by atoms with Crippen LogP contribution in [0.2, 0.25) is 0 Å². The third-order valence-corrected chi connectivity index (χ3v) is 2.21. The molecule has 1 aromatic carbocycles. The van der Waals surface area contributed by atoms with Crippen LogP contribution in [0.5, 0.6) is 11.5 Å². The first-order valence-corrected chi connectivity index (χ1v) is 4.99. The minimum Gasteiger partial charge on any atom is -0.497 e. The van der Waals surface area contributed by atoms with Crippen molar-refractivity contribution in [3.63, 3.8) is 0 Å². The molecular formula is C11H13N3O3. The van der Waals surface area contributed by atoms with Crippen molar-refractivity contribution >= 4 is 5.78 Å². The van der Waals surface area contributed by atoms with Gasteiger partial charge in [-0.3, -0.25) is 4.79 Å². The number of ketones is 1. The molecule has 0 spiro atoms. The summed E-state index contributed by atoms with van der Waals surface area (Å²) in [6.45, 7) is 0.135. The molecule has 0 radical (unpaired) electrons. The minimum absolute atomic E-state index is 0.135. The summed E-state index contributed by atoms with van der Waals surface area (Å²) in [6, 6.07) is 4.99. The molecular weight excluding hydrogens is 222 g/mol. The van der Waals surface area contributed by atoms with Crippen molar-refractivity contribution in [1.82, 2.24) is 0 Å². The summed E-state index contributed by atoms with van der Waals surface area (Å²) in [4.78, 5) is 14.4. The van der Waals surface area contributed by atoms with Gasteiger partial charge >= 0.3 is 0 Å². The lowest BCUT2D eigenvalue weighted by atomic mass is 10.1. The number of ether oxygens (including phenoxy) is 2. The maximum absolute atomic E-state index is 11.8. The zero-order valence-corrected chi connectivity index (χ0v) is 9.71. The molecule has 0 aliphatic carbocycles. The monoisotopic (exact) mass is 235 g/mol.